The lowest BCUT2D eigenvalue weighted by atomic mass is 9.98. The zero-order valence-electron chi connectivity index (χ0n) is 14.7. The van der Waals surface area contributed by atoms with E-state index in [2.05, 4.69) is 12.1 Å². The van der Waals surface area contributed by atoms with Crippen LogP contribution in [0.5, 0.6) is 11.5 Å². The van der Waals surface area contributed by atoms with Crippen molar-refractivity contribution in [3.05, 3.63) is 66.7 Å². The van der Waals surface area contributed by atoms with Gasteiger partial charge in [-0.3, -0.25) is 0 Å². The number of ether oxygens (including phenoxy) is 2. The summed E-state index contributed by atoms with van der Waals surface area (Å²) in [6.07, 6.45) is 0. The monoisotopic (exact) mass is 345 g/mol. The lowest BCUT2D eigenvalue weighted by Gasteiger charge is -2.06. The molecule has 0 atom stereocenters. The van der Waals surface area contributed by atoms with Crippen molar-refractivity contribution in [2.24, 2.45) is 0 Å². The molecule has 0 aliphatic heterocycles. The molecule has 0 bridgehead atoms. The van der Waals surface area contributed by atoms with E-state index in [0.29, 0.717) is 17.0 Å². The average Bonchev–Trinajstić information content (AvgIpc) is 3.08. The highest BCUT2D eigenvalue weighted by Gasteiger charge is 2.20. The zero-order valence-corrected chi connectivity index (χ0v) is 14.7. The molecule has 1 aromatic heterocycles. The van der Waals surface area contributed by atoms with Crippen molar-refractivity contribution < 1.29 is 13.9 Å². The second-order valence-electron chi connectivity index (χ2n) is 5.99. The lowest BCUT2D eigenvalue weighted by molar-refractivity contribution is 0.415. The summed E-state index contributed by atoms with van der Waals surface area (Å²) in [5.74, 6) is 2.27. The third kappa shape index (κ3) is 2.65. The number of hydrogen-bond acceptors (Lipinski definition) is 4. The van der Waals surface area contributed by atoms with Crippen LogP contribution < -0.4 is 15.2 Å². The van der Waals surface area contributed by atoms with E-state index < -0.39 is 0 Å². The summed E-state index contributed by atoms with van der Waals surface area (Å²) in [7, 11) is 3.28. The molecule has 0 aliphatic rings. The van der Waals surface area contributed by atoms with Crippen molar-refractivity contribution in [2.75, 3.05) is 20.0 Å². The fourth-order valence-electron chi connectivity index (χ4n) is 3.15. The maximum Gasteiger partial charge on any atom is 0.158 e. The number of rotatable bonds is 4. The lowest BCUT2D eigenvalue weighted by Crippen LogP contribution is -1.89. The Bertz CT molecular complexity index is 1050. The van der Waals surface area contributed by atoms with E-state index in [1.54, 1.807) is 20.3 Å². The number of fused-ring (bicyclic) bond motifs is 1. The van der Waals surface area contributed by atoms with Crippen LogP contribution in [0.4, 0.5) is 5.69 Å². The summed E-state index contributed by atoms with van der Waals surface area (Å²) in [4.78, 5) is 0. The highest BCUT2D eigenvalue weighted by atomic mass is 16.5. The van der Waals surface area contributed by atoms with Crippen LogP contribution in [0.3, 0.4) is 0 Å². The van der Waals surface area contributed by atoms with Crippen molar-refractivity contribution in [1.29, 1.82) is 0 Å². The van der Waals surface area contributed by atoms with Gasteiger partial charge in [0.05, 0.1) is 19.9 Å². The number of nitrogens with two attached hydrogens (primary N) is 1. The maximum absolute atomic E-state index is 6.22. The van der Waals surface area contributed by atoms with Gasteiger partial charge in [0.2, 0.25) is 0 Å². The minimum Gasteiger partial charge on any atom is -0.497 e. The fraction of sp³-hybridized carbons (Fsp3) is 0.0909. The van der Waals surface area contributed by atoms with Gasteiger partial charge in [-0.25, -0.2) is 0 Å². The van der Waals surface area contributed by atoms with Crippen molar-refractivity contribution >= 4 is 16.7 Å². The van der Waals surface area contributed by atoms with Gasteiger partial charge < -0.3 is 19.6 Å². The van der Waals surface area contributed by atoms with Crippen LogP contribution in [-0.4, -0.2) is 14.2 Å². The molecule has 0 fully saturated rings. The van der Waals surface area contributed by atoms with E-state index in [4.69, 9.17) is 19.6 Å². The van der Waals surface area contributed by atoms with Crippen LogP contribution in [-0.2, 0) is 0 Å². The Hall–Kier alpha value is -3.40. The Morgan fingerprint density at radius 3 is 2.12 bits per heavy atom. The molecule has 4 heteroatoms. The molecule has 0 amide bonds. The van der Waals surface area contributed by atoms with Gasteiger partial charge in [-0.1, -0.05) is 30.3 Å². The average molecular weight is 345 g/mol. The van der Waals surface area contributed by atoms with Crippen LogP contribution in [0.25, 0.3) is 33.4 Å². The SMILES string of the molecule is COc1ccc(-c2oc3c(N)cc(OC)cc3c2-c2ccccc2)cc1. The smallest absolute Gasteiger partial charge is 0.158 e. The molecule has 130 valence electrons. The molecule has 0 spiro atoms. The van der Waals surface area contributed by atoms with Crippen LogP contribution in [0.15, 0.2) is 71.1 Å². The predicted molar refractivity (Wildman–Crippen MR) is 105 cm³/mol. The Kier molecular flexibility index (Phi) is 4.01. The molecular formula is C22H19NO3. The van der Waals surface area contributed by atoms with Gasteiger partial charge in [-0.05, 0) is 35.9 Å². The van der Waals surface area contributed by atoms with Gasteiger partial charge in [0.15, 0.2) is 5.58 Å². The molecule has 3 aromatic carbocycles. The molecular weight excluding hydrogens is 326 g/mol. The van der Waals surface area contributed by atoms with Gasteiger partial charge in [0.1, 0.15) is 17.3 Å². The molecule has 4 nitrogen and oxygen atoms in total. The van der Waals surface area contributed by atoms with Crippen molar-refractivity contribution in [2.45, 2.75) is 0 Å². The van der Waals surface area contributed by atoms with Crippen molar-refractivity contribution in [1.82, 2.24) is 0 Å². The van der Waals surface area contributed by atoms with Crippen molar-refractivity contribution in [3.8, 4) is 33.9 Å². The minimum atomic E-state index is 0.552. The number of hydrogen-bond donors (Lipinski definition) is 1. The Morgan fingerprint density at radius 2 is 1.46 bits per heavy atom. The summed E-state index contributed by atoms with van der Waals surface area (Å²) >= 11 is 0. The molecule has 0 saturated heterocycles. The molecule has 4 rings (SSSR count). The third-order valence-corrected chi connectivity index (χ3v) is 4.44. The number of nitrogen functional groups attached to an aromatic ring is 1. The Morgan fingerprint density at radius 1 is 0.769 bits per heavy atom. The van der Waals surface area contributed by atoms with Crippen molar-refractivity contribution in [3.63, 3.8) is 0 Å². The first-order chi connectivity index (χ1) is 12.7. The van der Waals surface area contributed by atoms with E-state index in [1.165, 1.54) is 0 Å². The largest absolute Gasteiger partial charge is 0.497 e. The molecule has 0 saturated carbocycles. The summed E-state index contributed by atoms with van der Waals surface area (Å²) in [6, 6.07) is 21.7. The minimum absolute atomic E-state index is 0.552. The van der Waals surface area contributed by atoms with E-state index in [9.17, 15) is 0 Å². The molecule has 2 N–H and O–H groups in total. The van der Waals surface area contributed by atoms with Crippen LogP contribution in [0.1, 0.15) is 0 Å². The van der Waals surface area contributed by atoms with E-state index >= 15 is 0 Å². The Labute approximate surface area is 151 Å². The number of furan rings is 1. The second-order valence-corrected chi connectivity index (χ2v) is 5.99. The van der Waals surface area contributed by atoms with E-state index in [0.717, 1.165) is 33.6 Å². The van der Waals surface area contributed by atoms with Gasteiger partial charge >= 0.3 is 0 Å². The number of anilines is 1. The first-order valence-corrected chi connectivity index (χ1v) is 8.31. The fourth-order valence-corrected chi connectivity index (χ4v) is 3.15. The maximum atomic E-state index is 6.22. The molecule has 1 heterocycles. The quantitative estimate of drug-likeness (QED) is 0.505. The van der Waals surface area contributed by atoms with Gasteiger partial charge in [-0.2, -0.15) is 0 Å². The first kappa shape index (κ1) is 16.1. The summed E-state index contributed by atoms with van der Waals surface area (Å²) in [5, 5.41) is 0.930. The first-order valence-electron chi connectivity index (χ1n) is 8.31. The van der Waals surface area contributed by atoms with Crippen LogP contribution >= 0.6 is 0 Å². The summed E-state index contributed by atoms with van der Waals surface area (Å²) < 4.78 is 16.9. The molecule has 0 unspecified atom stereocenters. The number of benzene rings is 3. The predicted octanol–water partition coefficient (Wildman–Crippen LogP) is 5.37. The van der Waals surface area contributed by atoms with E-state index in [-0.39, 0.29) is 0 Å². The third-order valence-electron chi connectivity index (χ3n) is 4.44. The number of methoxy groups -OCH3 is 2. The molecule has 0 radical (unpaired) electrons. The highest BCUT2D eigenvalue weighted by Crippen LogP contribution is 2.44. The Balaban J connectivity index is 2.03. The summed E-state index contributed by atoms with van der Waals surface area (Å²) in [5.41, 5.74) is 10.5. The standard InChI is InChI=1S/C22H19NO3/c1-24-16-10-8-15(9-11-16)21-20(14-6-4-3-5-7-14)18-12-17(25-2)13-19(23)22(18)26-21/h3-13H,23H2,1-2H3. The normalized spacial score (nSPS) is 10.8. The highest BCUT2D eigenvalue weighted by molar-refractivity contribution is 6.06. The summed E-state index contributed by atoms with van der Waals surface area (Å²) in [6.45, 7) is 0. The second kappa shape index (κ2) is 6.48. The molecule has 0 aliphatic carbocycles. The zero-order chi connectivity index (χ0) is 18.1. The van der Waals surface area contributed by atoms with Gasteiger partial charge in [0, 0.05) is 22.6 Å². The molecule has 4 aromatic rings. The van der Waals surface area contributed by atoms with Crippen LogP contribution in [0.2, 0.25) is 0 Å². The van der Waals surface area contributed by atoms with Gasteiger partial charge in [0.25, 0.3) is 0 Å². The van der Waals surface area contributed by atoms with Gasteiger partial charge in [-0.15, -0.1) is 0 Å². The topological polar surface area (TPSA) is 57.6 Å². The van der Waals surface area contributed by atoms with Crippen LogP contribution in [0, 0.1) is 0 Å². The van der Waals surface area contributed by atoms with E-state index in [1.807, 2.05) is 48.5 Å². The molecule has 26 heavy (non-hydrogen) atoms.